The molecule has 1 aromatic heterocycles. The summed E-state index contributed by atoms with van der Waals surface area (Å²) in [5.74, 6) is 1.48. The van der Waals surface area contributed by atoms with Crippen LogP contribution in [0.4, 0.5) is 11.5 Å². The number of ether oxygens (including phenoxy) is 3. The molecule has 0 aliphatic carbocycles. The molecule has 2 aromatic rings. The Hall–Kier alpha value is -2.71. The third-order valence-corrected chi connectivity index (χ3v) is 6.13. The van der Waals surface area contributed by atoms with Gasteiger partial charge in [0, 0.05) is 44.1 Å². The maximum atomic E-state index is 8.72. The van der Waals surface area contributed by atoms with E-state index in [1.165, 1.54) is 6.33 Å². The van der Waals surface area contributed by atoms with E-state index < -0.39 is 0 Å². The maximum Gasteiger partial charge on any atom is 0.132 e. The Morgan fingerprint density at radius 3 is 2.77 bits per heavy atom. The SMILES string of the molecule is COC[C@H](C)Oc1ccc(N)c(C(=N)c2cc(N3CCC4(CCCO4)CC3)ncn2)c1. The second-order valence-corrected chi connectivity index (χ2v) is 8.39. The number of anilines is 2. The molecule has 2 aliphatic rings. The second-order valence-electron chi connectivity index (χ2n) is 8.39. The quantitative estimate of drug-likeness (QED) is 0.519. The Labute approximate surface area is 183 Å². The van der Waals surface area contributed by atoms with Gasteiger partial charge in [-0.05, 0) is 50.8 Å². The van der Waals surface area contributed by atoms with Gasteiger partial charge in [-0.2, -0.15) is 0 Å². The molecule has 0 unspecified atom stereocenters. The first-order chi connectivity index (χ1) is 15.0. The van der Waals surface area contributed by atoms with Crippen molar-refractivity contribution in [1.82, 2.24) is 9.97 Å². The van der Waals surface area contributed by atoms with Gasteiger partial charge in [-0.15, -0.1) is 0 Å². The van der Waals surface area contributed by atoms with E-state index in [0.29, 0.717) is 29.3 Å². The standard InChI is InChI=1S/C23H31N5O3/c1-16(14-29-2)31-17-4-5-19(24)18(12-17)22(25)20-13-21(27-15-26-20)28-9-7-23(8-10-28)6-3-11-30-23/h4-5,12-13,15-16,25H,3,6-11,14,24H2,1-2H3/t16-/m0/s1. The molecular weight excluding hydrogens is 394 g/mol. The average molecular weight is 426 g/mol. The fraction of sp³-hybridized carbons (Fsp3) is 0.522. The largest absolute Gasteiger partial charge is 0.488 e. The van der Waals surface area contributed by atoms with Gasteiger partial charge in [0.25, 0.3) is 0 Å². The van der Waals surface area contributed by atoms with Gasteiger partial charge >= 0.3 is 0 Å². The van der Waals surface area contributed by atoms with Crippen molar-refractivity contribution in [1.29, 1.82) is 5.41 Å². The van der Waals surface area contributed by atoms with Crippen LogP contribution < -0.4 is 15.4 Å². The number of nitrogens with two attached hydrogens (primary N) is 1. The van der Waals surface area contributed by atoms with Crippen LogP contribution in [0.3, 0.4) is 0 Å². The minimum Gasteiger partial charge on any atom is -0.488 e. The Balaban J connectivity index is 1.49. The van der Waals surface area contributed by atoms with Gasteiger partial charge in [0.1, 0.15) is 24.0 Å². The third kappa shape index (κ3) is 4.80. The molecule has 1 atom stereocenters. The van der Waals surface area contributed by atoms with E-state index in [4.69, 9.17) is 25.4 Å². The zero-order chi connectivity index (χ0) is 21.8. The van der Waals surface area contributed by atoms with Crippen LogP contribution in [-0.2, 0) is 9.47 Å². The predicted molar refractivity (Wildman–Crippen MR) is 120 cm³/mol. The van der Waals surface area contributed by atoms with Gasteiger partial charge in [0.15, 0.2) is 0 Å². The minimum absolute atomic E-state index is 0.0634. The zero-order valence-electron chi connectivity index (χ0n) is 18.3. The molecule has 2 aliphatic heterocycles. The summed E-state index contributed by atoms with van der Waals surface area (Å²) in [6.07, 6.45) is 5.75. The number of hydrogen-bond acceptors (Lipinski definition) is 8. The summed E-state index contributed by atoms with van der Waals surface area (Å²) >= 11 is 0. The molecule has 31 heavy (non-hydrogen) atoms. The Bertz CT molecular complexity index is 919. The average Bonchev–Trinajstić information content (AvgIpc) is 3.23. The summed E-state index contributed by atoms with van der Waals surface area (Å²) in [6.45, 7) is 5.08. The summed E-state index contributed by atoms with van der Waals surface area (Å²) in [6, 6.07) is 7.22. The molecule has 0 bridgehead atoms. The highest BCUT2D eigenvalue weighted by atomic mass is 16.5. The van der Waals surface area contributed by atoms with Gasteiger partial charge in [-0.1, -0.05) is 0 Å². The smallest absolute Gasteiger partial charge is 0.132 e. The number of benzene rings is 1. The minimum atomic E-state index is -0.104. The molecule has 2 saturated heterocycles. The van der Waals surface area contributed by atoms with Crippen molar-refractivity contribution in [3.8, 4) is 5.75 Å². The normalized spacial score (nSPS) is 18.8. The lowest BCUT2D eigenvalue weighted by atomic mass is 9.88. The number of aromatic nitrogens is 2. The lowest BCUT2D eigenvalue weighted by Gasteiger charge is -2.39. The highest BCUT2D eigenvalue weighted by Gasteiger charge is 2.38. The Morgan fingerprint density at radius 2 is 2.06 bits per heavy atom. The number of nitrogens with zero attached hydrogens (tertiary/aromatic N) is 3. The number of rotatable bonds is 7. The highest BCUT2D eigenvalue weighted by molar-refractivity contribution is 6.13. The van der Waals surface area contributed by atoms with E-state index in [0.717, 1.165) is 51.2 Å². The van der Waals surface area contributed by atoms with Gasteiger partial charge < -0.3 is 24.8 Å². The van der Waals surface area contributed by atoms with Crippen molar-refractivity contribution in [2.45, 2.75) is 44.3 Å². The monoisotopic (exact) mass is 425 g/mol. The van der Waals surface area contributed by atoms with E-state index in [-0.39, 0.29) is 17.4 Å². The summed E-state index contributed by atoms with van der Waals surface area (Å²) in [7, 11) is 1.64. The van der Waals surface area contributed by atoms with Crippen molar-refractivity contribution in [3.05, 3.63) is 41.9 Å². The molecular formula is C23H31N5O3. The lowest BCUT2D eigenvalue weighted by molar-refractivity contribution is -0.0147. The number of nitrogens with one attached hydrogen (secondary N) is 1. The van der Waals surface area contributed by atoms with Gasteiger partial charge in [0.2, 0.25) is 0 Å². The highest BCUT2D eigenvalue weighted by Crippen LogP contribution is 2.36. The third-order valence-electron chi connectivity index (χ3n) is 6.13. The summed E-state index contributed by atoms with van der Waals surface area (Å²) < 4.78 is 17.0. The molecule has 3 N–H and O–H groups in total. The first-order valence-corrected chi connectivity index (χ1v) is 10.8. The molecule has 166 valence electrons. The van der Waals surface area contributed by atoms with E-state index >= 15 is 0 Å². The molecule has 3 heterocycles. The Kier molecular flexibility index (Phi) is 6.38. The molecule has 8 nitrogen and oxygen atoms in total. The van der Waals surface area contributed by atoms with Crippen molar-refractivity contribution in [2.75, 3.05) is 44.0 Å². The summed E-state index contributed by atoms with van der Waals surface area (Å²) in [5.41, 5.74) is 8.12. The van der Waals surface area contributed by atoms with Crippen molar-refractivity contribution in [3.63, 3.8) is 0 Å². The Morgan fingerprint density at radius 1 is 1.26 bits per heavy atom. The van der Waals surface area contributed by atoms with Crippen LogP contribution in [0, 0.1) is 5.41 Å². The first-order valence-electron chi connectivity index (χ1n) is 10.8. The van der Waals surface area contributed by atoms with E-state index in [1.807, 2.05) is 13.0 Å². The van der Waals surface area contributed by atoms with Crippen LogP contribution in [0.5, 0.6) is 5.75 Å². The van der Waals surface area contributed by atoms with Crippen LogP contribution in [0.25, 0.3) is 0 Å². The predicted octanol–water partition coefficient (Wildman–Crippen LogP) is 3.04. The van der Waals surface area contributed by atoms with E-state index in [1.54, 1.807) is 25.3 Å². The van der Waals surface area contributed by atoms with Gasteiger partial charge in [-0.3, -0.25) is 5.41 Å². The summed E-state index contributed by atoms with van der Waals surface area (Å²) in [5, 5.41) is 8.72. The topological polar surface area (TPSA) is 107 Å². The molecule has 1 spiro atoms. The summed E-state index contributed by atoms with van der Waals surface area (Å²) in [4.78, 5) is 11.1. The number of nitrogen functional groups attached to an aromatic ring is 1. The molecule has 1 aromatic carbocycles. The van der Waals surface area contributed by atoms with E-state index in [2.05, 4.69) is 14.9 Å². The molecule has 4 rings (SSSR count). The lowest BCUT2D eigenvalue weighted by Crippen LogP contribution is -2.44. The molecule has 2 fully saturated rings. The van der Waals surface area contributed by atoms with Crippen molar-refractivity contribution in [2.24, 2.45) is 0 Å². The first kappa shape index (κ1) is 21.5. The van der Waals surface area contributed by atoms with Crippen LogP contribution in [-0.4, -0.2) is 60.8 Å². The fourth-order valence-corrected chi connectivity index (χ4v) is 4.41. The van der Waals surface area contributed by atoms with Crippen LogP contribution in [0.2, 0.25) is 0 Å². The number of hydrogen-bond donors (Lipinski definition) is 2. The molecule has 0 radical (unpaired) electrons. The van der Waals surface area contributed by atoms with Crippen molar-refractivity contribution >= 4 is 17.2 Å². The fourth-order valence-electron chi connectivity index (χ4n) is 4.41. The van der Waals surface area contributed by atoms with Gasteiger partial charge in [0.05, 0.1) is 23.6 Å². The van der Waals surface area contributed by atoms with Crippen LogP contribution >= 0.6 is 0 Å². The second kappa shape index (κ2) is 9.20. The van der Waals surface area contributed by atoms with Crippen molar-refractivity contribution < 1.29 is 14.2 Å². The van der Waals surface area contributed by atoms with E-state index in [9.17, 15) is 0 Å². The number of piperidine rings is 1. The number of methoxy groups -OCH3 is 1. The zero-order valence-corrected chi connectivity index (χ0v) is 18.3. The maximum absolute atomic E-state index is 8.72. The van der Waals surface area contributed by atoms with Gasteiger partial charge in [-0.25, -0.2) is 9.97 Å². The van der Waals surface area contributed by atoms with Crippen LogP contribution in [0.15, 0.2) is 30.6 Å². The molecule has 0 amide bonds. The van der Waals surface area contributed by atoms with Crippen LogP contribution in [0.1, 0.15) is 43.9 Å². The molecule has 0 saturated carbocycles. The molecule has 8 heteroatoms.